The largest absolute Gasteiger partial charge is 0.490 e. The summed E-state index contributed by atoms with van der Waals surface area (Å²) in [5.74, 6) is 1.54. The van der Waals surface area contributed by atoms with Gasteiger partial charge in [-0.25, -0.2) is 0 Å². The Morgan fingerprint density at radius 3 is 2.53 bits per heavy atom. The molecule has 0 radical (unpaired) electrons. The molecule has 1 N–H and O–H groups in total. The van der Waals surface area contributed by atoms with Gasteiger partial charge in [-0.05, 0) is 50.3 Å². The number of benzene rings is 2. The molecule has 30 heavy (non-hydrogen) atoms. The van der Waals surface area contributed by atoms with Gasteiger partial charge in [-0.2, -0.15) is 0 Å². The van der Waals surface area contributed by atoms with Crippen LogP contribution in [0.5, 0.6) is 11.5 Å². The van der Waals surface area contributed by atoms with Crippen molar-refractivity contribution in [1.29, 1.82) is 0 Å². The summed E-state index contributed by atoms with van der Waals surface area (Å²) < 4.78 is 13.4. The number of hydrogen-bond donors (Lipinski definition) is 1. The number of nitrogens with one attached hydrogen (secondary N) is 1. The van der Waals surface area contributed by atoms with Gasteiger partial charge in [0.2, 0.25) is 5.91 Å². The van der Waals surface area contributed by atoms with Crippen LogP contribution in [0.4, 0.5) is 0 Å². The van der Waals surface area contributed by atoms with E-state index in [9.17, 15) is 4.79 Å². The molecule has 6 heteroatoms. The average molecular weight is 427 g/mol. The number of rotatable bonds is 10. The van der Waals surface area contributed by atoms with Crippen molar-refractivity contribution >= 4 is 28.6 Å². The number of carbonyl (C=O) groups is 1. The third-order valence-electron chi connectivity index (χ3n) is 5.05. The minimum absolute atomic E-state index is 0.0344. The quantitative estimate of drug-likeness (QED) is 0.482. The molecule has 0 unspecified atom stereocenters. The fourth-order valence-electron chi connectivity index (χ4n) is 3.65. The van der Waals surface area contributed by atoms with Gasteiger partial charge in [-0.3, -0.25) is 4.79 Å². The molecule has 1 heterocycles. The van der Waals surface area contributed by atoms with E-state index in [1.807, 2.05) is 51.2 Å². The number of hydrogen-bond acceptors (Lipinski definition) is 4. The highest BCUT2D eigenvalue weighted by atomic mass is 32.2. The zero-order valence-electron chi connectivity index (χ0n) is 18.2. The second kappa shape index (κ2) is 10.4. The monoisotopic (exact) mass is 426 g/mol. The lowest BCUT2D eigenvalue weighted by molar-refractivity contribution is -0.120. The first-order valence-electron chi connectivity index (χ1n) is 10.3. The molecule has 0 aliphatic heterocycles. The molecular weight excluding hydrogens is 396 g/mol. The average Bonchev–Trinajstić information content (AvgIpc) is 3.01. The van der Waals surface area contributed by atoms with Gasteiger partial charge in [0, 0.05) is 35.1 Å². The first-order valence-corrected chi connectivity index (χ1v) is 11.6. The van der Waals surface area contributed by atoms with E-state index < -0.39 is 0 Å². The van der Waals surface area contributed by atoms with Crippen molar-refractivity contribution < 1.29 is 14.3 Å². The zero-order chi connectivity index (χ0) is 21.5. The first-order chi connectivity index (χ1) is 14.6. The van der Waals surface area contributed by atoms with Crippen molar-refractivity contribution in [3.63, 3.8) is 0 Å². The molecule has 0 aliphatic rings. The van der Waals surface area contributed by atoms with Crippen LogP contribution in [-0.4, -0.2) is 36.5 Å². The summed E-state index contributed by atoms with van der Waals surface area (Å²) in [6.45, 7) is 5.68. The summed E-state index contributed by atoms with van der Waals surface area (Å²) >= 11 is 1.69. The Kier molecular flexibility index (Phi) is 7.69. The van der Waals surface area contributed by atoms with E-state index in [2.05, 4.69) is 28.3 Å². The third kappa shape index (κ3) is 4.93. The minimum Gasteiger partial charge on any atom is -0.490 e. The highest BCUT2D eigenvalue weighted by Gasteiger charge is 2.16. The van der Waals surface area contributed by atoms with E-state index >= 15 is 0 Å². The normalized spacial score (nSPS) is 10.9. The maximum atomic E-state index is 12.6. The number of thioether (sulfide) groups is 1. The number of aromatic nitrogens is 1. The van der Waals surface area contributed by atoms with Crippen LogP contribution < -0.4 is 14.8 Å². The topological polar surface area (TPSA) is 52.5 Å². The summed E-state index contributed by atoms with van der Waals surface area (Å²) in [5.41, 5.74) is 3.32. The van der Waals surface area contributed by atoms with Gasteiger partial charge >= 0.3 is 0 Å². The number of aryl methyl sites for hydroxylation is 1. The molecule has 0 spiro atoms. The SMILES string of the molecule is CCOc1ccc(CCNC(=O)Cc2c(SC)c3ccccc3n2C)cc1OCC. The molecule has 0 atom stereocenters. The fourth-order valence-corrected chi connectivity index (χ4v) is 4.49. The van der Waals surface area contributed by atoms with Gasteiger partial charge in [0.15, 0.2) is 11.5 Å². The molecule has 2 aromatic carbocycles. The Morgan fingerprint density at radius 2 is 1.80 bits per heavy atom. The molecule has 0 fully saturated rings. The number of para-hydroxylation sites is 1. The molecular formula is C24H30N2O3S. The van der Waals surface area contributed by atoms with Crippen molar-refractivity contribution in [3.8, 4) is 11.5 Å². The van der Waals surface area contributed by atoms with Crippen molar-refractivity contribution in [2.45, 2.75) is 31.6 Å². The molecule has 0 saturated carbocycles. The molecule has 0 bridgehead atoms. The smallest absolute Gasteiger partial charge is 0.225 e. The maximum absolute atomic E-state index is 12.6. The summed E-state index contributed by atoms with van der Waals surface area (Å²) in [6, 6.07) is 14.2. The molecule has 1 aromatic heterocycles. The lowest BCUT2D eigenvalue weighted by Gasteiger charge is -2.13. The Bertz CT molecular complexity index is 1010. The standard InChI is InChI=1S/C24H30N2O3S/c1-5-28-21-12-11-17(15-22(21)29-6-2)13-14-25-23(27)16-20-24(30-4)18-9-7-8-10-19(18)26(20)3/h7-12,15H,5-6,13-14,16H2,1-4H3,(H,25,27). The van der Waals surface area contributed by atoms with Crippen LogP contribution in [0.1, 0.15) is 25.1 Å². The minimum atomic E-state index is 0.0344. The van der Waals surface area contributed by atoms with Crippen molar-refractivity contribution in [1.82, 2.24) is 9.88 Å². The van der Waals surface area contributed by atoms with Crippen LogP contribution in [0.2, 0.25) is 0 Å². The summed E-state index contributed by atoms with van der Waals surface area (Å²) in [6.07, 6.45) is 3.17. The third-order valence-corrected chi connectivity index (χ3v) is 5.92. The summed E-state index contributed by atoms with van der Waals surface area (Å²) in [5, 5.41) is 4.26. The molecule has 5 nitrogen and oxygen atoms in total. The Labute approximate surface area is 182 Å². The van der Waals surface area contributed by atoms with E-state index in [1.165, 1.54) is 10.3 Å². The van der Waals surface area contributed by atoms with E-state index in [4.69, 9.17) is 9.47 Å². The number of amides is 1. The van der Waals surface area contributed by atoms with Crippen molar-refractivity contribution in [2.24, 2.45) is 7.05 Å². The van der Waals surface area contributed by atoms with Crippen molar-refractivity contribution in [3.05, 3.63) is 53.7 Å². The highest BCUT2D eigenvalue weighted by molar-refractivity contribution is 7.98. The lowest BCUT2D eigenvalue weighted by atomic mass is 10.1. The van der Waals surface area contributed by atoms with E-state index in [-0.39, 0.29) is 5.91 Å². The molecule has 0 saturated heterocycles. The molecule has 160 valence electrons. The summed E-state index contributed by atoms with van der Waals surface area (Å²) in [7, 11) is 2.03. The van der Waals surface area contributed by atoms with Crippen molar-refractivity contribution in [2.75, 3.05) is 26.0 Å². The Balaban J connectivity index is 1.63. The molecule has 3 rings (SSSR count). The number of nitrogens with zero attached hydrogens (tertiary/aromatic N) is 1. The number of ether oxygens (including phenoxy) is 2. The maximum Gasteiger partial charge on any atom is 0.225 e. The van der Waals surface area contributed by atoms with Crippen LogP contribution in [0.3, 0.4) is 0 Å². The second-order valence-corrected chi connectivity index (χ2v) is 7.80. The zero-order valence-corrected chi connectivity index (χ0v) is 19.0. The van der Waals surface area contributed by atoms with Gasteiger partial charge in [0.25, 0.3) is 0 Å². The van der Waals surface area contributed by atoms with E-state index in [0.717, 1.165) is 34.7 Å². The predicted octanol–water partition coefficient (Wildman–Crippen LogP) is 4.60. The van der Waals surface area contributed by atoms with Crippen LogP contribution in [-0.2, 0) is 24.7 Å². The van der Waals surface area contributed by atoms with Gasteiger partial charge in [0.05, 0.1) is 19.6 Å². The number of fused-ring (bicyclic) bond motifs is 1. The fraction of sp³-hybridized carbons (Fsp3) is 0.375. The van der Waals surface area contributed by atoms with Gasteiger partial charge in [0.1, 0.15) is 0 Å². The predicted molar refractivity (Wildman–Crippen MR) is 124 cm³/mol. The lowest BCUT2D eigenvalue weighted by Crippen LogP contribution is -2.28. The Hall–Kier alpha value is -2.60. The molecule has 0 aliphatic carbocycles. The highest BCUT2D eigenvalue weighted by Crippen LogP contribution is 2.32. The van der Waals surface area contributed by atoms with Crippen LogP contribution in [0, 0.1) is 0 Å². The van der Waals surface area contributed by atoms with Crippen LogP contribution in [0.25, 0.3) is 10.9 Å². The van der Waals surface area contributed by atoms with E-state index in [0.29, 0.717) is 26.2 Å². The summed E-state index contributed by atoms with van der Waals surface area (Å²) in [4.78, 5) is 13.8. The van der Waals surface area contributed by atoms with Gasteiger partial charge in [-0.15, -0.1) is 11.8 Å². The molecule has 1 amide bonds. The van der Waals surface area contributed by atoms with E-state index in [1.54, 1.807) is 11.8 Å². The van der Waals surface area contributed by atoms with Crippen LogP contribution in [0.15, 0.2) is 47.4 Å². The van der Waals surface area contributed by atoms with Gasteiger partial charge < -0.3 is 19.4 Å². The number of carbonyl (C=O) groups excluding carboxylic acids is 1. The second-order valence-electron chi connectivity index (χ2n) is 6.98. The molecule has 3 aromatic rings. The van der Waals surface area contributed by atoms with Gasteiger partial charge in [-0.1, -0.05) is 24.3 Å². The first kappa shape index (κ1) is 22.1. The van der Waals surface area contributed by atoms with Crippen LogP contribution >= 0.6 is 11.8 Å². The Morgan fingerprint density at radius 1 is 1.07 bits per heavy atom.